The van der Waals surface area contributed by atoms with Crippen molar-refractivity contribution >= 4 is 5.91 Å². The Morgan fingerprint density at radius 2 is 1.81 bits per heavy atom. The van der Waals surface area contributed by atoms with Gasteiger partial charge in [-0.3, -0.25) is 9.18 Å². The molecule has 1 N–H and O–H groups in total. The summed E-state index contributed by atoms with van der Waals surface area (Å²) in [6.07, 6.45) is 11.7. The summed E-state index contributed by atoms with van der Waals surface area (Å²) in [5, 5.41) is 3.45. The van der Waals surface area contributed by atoms with Crippen molar-refractivity contribution in [3.05, 3.63) is 35.9 Å². The first-order valence-corrected chi connectivity index (χ1v) is 11.0. The molecule has 1 aromatic rings. The number of rotatable bonds is 5. The van der Waals surface area contributed by atoms with Crippen molar-refractivity contribution < 1.29 is 9.18 Å². The van der Waals surface area contributed by atoms with Crippen LogP contribution in [0.3, 0.4) is 0 Å². The Balaban J connectivity index is 1.50. The molecule has 146 valence electrons. The van der Waals surface area contributed by atoms with E-state index in [-0.39, 0.29) is 28.8 Å². The van der Waals surface area contributed by atoms with Crippen LogP contribution in [0.1, 0.15) is 76.2 Å². The van der Waals surface area contributed by atoms with Crippen molar-refractivity contribution in [2.24, 2.45) is 16.7 Å². The van der Waals surface area contributed by atoms with Gasteiger partial charge in [0.2, 0.25) is 5.91 Å². The molecule has 0 aromatic heterocycles. The molecule has 0 aliphatic heterocycles. The summed E-state index contributed by atoms with van der Waals surface area (Å²) < 4.78 is 13.7. The third kappa shape index (κ3) is 2.53. The van der Waals surface area contributed by atoms with E-state index in [4.69, 9.17) is 0 Å². The minimum atomic E-state index is -0.338. The summed E-state index contributed by atoms with van der Waals surface area (Å²) in [6.45, 7) is -0.296. The van der Waals surface area contributed by atoms with Crippen molar-refractivity contribution in [2.75, 3.05) is 6.67 Å². The molecule has 5 saturated carbocycles. The summed E-state index contributed by atoms with van der Waals surface area (Å²) in [6, 6.07) is 11.1. The average Bonchev–Trinajstić information content (AvgIpc) is 3.03. The van der Waals surface area contributed by atoms with Crippen LogP contribution in [0.15, 0.2) is 30.3 Å². The summed E-state index contributed by atoms with van der Waals surface area (Å²) in [7, 11) is 0. The number of alkyl halides is 1. The van der Waals surface area contributed by atoms with Gasteiger partial charge in [-0.05, 0) is 73.7 Å². The monoisotopic (exact) mass is 369 g/mol. The zero-order valence-electron chi connectivity index (χ0n) is 16.3. The van der Waals surface area contributed by atoms with Crippen molar-refractivity contribution in [1.82, 2.24) is 5.32 Å². The van der Waals surface area contributed by atoms with Gasteiger partial charge in [0.05, 0.1) is 12.1 Å². The Labute approximate surface area is 162 Å². The highest BCUT2D eigenvalue weighted by Gasteiger charge is 2.74. The molecule has 6 rings (SSSR count). The number of carbonyl (C=O) groups is 1. The van der Waals surface area contributed by atoms with E-state index in [1.807, 2.05) is 0 Å². The number of hydrogen-bond acceptors (Lipinski definition) is 1. The molecule has 3 heteroatoms. The lowest BCUT2D eigenvalue weighted by atomic mass is 9.63. The summed E-state index contributed by atoms with van der Waals surface area (Å²) in [4.78, 5) is 13.7. The Hall–Kier alpha value is -1.38. The third-order valence-electron chi connectivity index (χ3n) is 8.66. The zero-order valence-corrected chi connectivity index (χ0v) is 16.3. The highest BCUT2D eigenvalue weighted by atomic mass is 19.1. The number of carbonyl (C=O) groups excluding carboxylic acids is 1. The molecular weight excluding hydrogens is 337 g/mol. The molecule has 2 nitrogen and oxygen atoms in total. The predicted octanol–water partition coefficient (Wildman–Crippen LogP) is 5.31. The van der Waals surface area contributed by atoms with E-state index in [0.717, 1.165) is 38.5 Å². The van der Waals surface area contributed by atoms with Crippen LogP contribution in [0.4, 0.5) is 4.39 Å². The summed E-state index contributed by atoms with van der Waals surface area (Å²) in [5.74, 6) is 0.846. The summed E-state index contributed by atoms with van der Waals surface area (Å²) >= 11 is 0. The molecule has 5 fully saturated rings. The van der Waals surface area contributed by atoms with Gasteiger partial charge in [0.1, 0.15) is 0 Å². The number of amides is 1. The molecule has 5 aliphatic carbocycles. The highest BCUT2D eigenvalue weighted by Crippen LogP contribution is 2.77. The van der Waals surface area contributed by atoms with Gasteiger partial charge in [-0.2, -0.15) is 0 Å². The number of nitrogens with one attached hydrogen (secondary N) is 1. The van der Waals surface area contributed by atoms with Crippen molar-refractivity contribution in [2.45, 2.75) is 82.1 Å². The molecule has 1 aromatic carbocycles. The van der Waals surface area contributed by atoms with E-state index < -0.39 is 0 Å². The van der Waals surface area contributed by atoms with Crippen LogP contribution in [0.5, 0.6) is 0 Å². The van der Waals surface area contributed by atoms with Crippen molar-refractivity contribution in [3.63, 3.8) is 0 Å². The van der Waals surface area contributed by atoms with E-state index in [9.17, 15) is 9.18 Å². The molecule has 1 amide bonds. The van der Waals surface area contributed by atoms with Gasteiger partial charge in [-0.1, -0.05) is 49.6 Å². The topological polar surface area (TPSA) is 29.1 Å². The van der Waals surface area contributed by atoms with Gasteiger partial charge in [0.25, 0.3) is 0 Å². The van der Waals surface area contributed by atoms with E-state index in [1.165, 1.54) is 31.2 Å². The van der Waals surface area contributed by atoms with E-state index in [2.05, 4.69) is 35.6 Å². The molecule has 27 heavy (non-hydrogen) atoms. The molecule has 5 aliphatic rings. The second-order valence-corrected chi connectivity index (χ2v) is 10.1. The molecule has 2 unspecified atom stereocenters. The maximum Gasteiger partial charge on any atom is 0.227 e. The molecule has 0 spiro atoms. The Bertz CT molecular complexity index is 714. The standard InChI is InChI=1S/C24H32FNO/c25-12-11-23-14-18-13-22(16-23,19-7-3-1-4-8-19)17-24(23,15-18)21(27)26-20-9-5-2-6-10-20/h1,3-4,7-8,18,20H,2,5-6,9-17H2,(H,26,27)/t18?,22-,23-,24?/m1/s1. The van der Waals surface area contributed by atoms with Gasteiger partial charge >= 0.3 is 0 Å². The first-order valence-electron chi connectivity index (χ1n) is 11.0. The lowest BCUT2D eigenvalue weighted by Gasteiger charge is -2.41. The fourth-order valence-electron chi connectivity index (χ4n) is 7.87. The SMILES string of the molecule is O=C(NC1CCCCC1)C12CC3C[C@](c4ccccc4)(C1)C[C@@]2(CCF)C3. The van der Waals surface area contributed by atoms with Crippen LogP contribution in [0.2, 0.25) is 0 Å². The summed E-state index contributed by atoms with van der Waals surface area (Å²) in [5.41, 5.74) is 1.00. The lowest BCUT2D eigenvalue weighted by molar-refractivity contribution is -0.137. The average molecular weight is 370 g/mol. The van der Waals surface area contributed by atoms with E-state index in [1.54, 1.807) is 0 Å². The molecule has 0 radical (unpaired) electrons. The molecule has 0 saturated heterocycles. The van der Waals surface area contributed by atoms with Gasteiger partial charge in [0.15, 0.2) is 0 Å². The number of hydrogen-bond donors (Lipinski definition) is 1. The van der Waals surface area contributed by atoms with Crippen LogP contribution in [-0.2, 0) is 10.2 Å². The van der Waals surface area contributed by atoms with Gasteiger partial charge in [-0.15, -0.1) is 0 Å². The smallest absolute Gasteiger partial charge is 0.227 e. The minimum absolute atomic E-state index is 0.0848. The lowest BCUT2D eigenvalue weighted by Crippen LogP contribution is -2.50. The fraction of sp³-hybridized carbons (Fsp3) is 0.708. The minimum Gasteiger partial charge on any atom is -0.353 e. The molecule has 0 heterocycles. The van der Waals surface area contributed by atoms with E-state index in [0.29, 0.717) is 18.4 Å². The van der Waals surface area contributed by atoms with Crippen LogP contribution in [0, 0.1) is 16.7 Å². The quantitative estimate of drug-likeness (QED) is 0.748. The first kappa shape index (κ1) is 17.7. The number of halogens is 1. The zero-order chi connectivity index (χ0) is 18.5. The Kier molecular flexibility index (Phi) is 4.14. The fourth-order valence-corrected chi connectivity index (χ4v) is 7.87. The second-order valence-electron chi connectivity index (χ2n) is 10.1. The molecule has 4 bridgehead atoms. The van der Waals surface area contributed by atoms with Gasteiger partial charge in [0, 0.05) is 6.04 Å². The molecule has 4 atom stereocenters. The van der Waals surface area contributed by atoms with Gasteiger partial charge in [-0.25, -0.2) is 0 Å². The van der Waals surface area contributed by atoms with Crippen molar-refractivity contribution in [3.8, 4) is 0 Å². The Morgan fingerprint density at radius 3 is 2.56 bits per heavy atom. The van der Waals surface area contributed by atoms with Crippen LogP contribution in [0.25, 0.3) is 0 Å². The van der Waals surface area contributed by atoms with Crippen LogP contribution < -0.4 is 5.32 Å². The second kappa shape index (κ2) is 6.32. The van der Waals surface area contributed by atoms with Crippen molar-refractivity contribution in [1.29, 1.82) is 0 Å². The maximum atomic E-state index is 13.7. The molecular formula is C24H32FNO. The van der Waals surface area contributed by atoms with Crippen LogP contribution >= 0.6 is 0 Å². The Morgan fingerprint density at radius 1 is 1.04 bits per heavy atom. The van der Waals surface area contributed by atoms with Gasteiger partial charge < -0.3 is 5.32 Å². The van der Waals surface area contributed by atoms with Crippen LogP contribution in [-0.4, -0.2) is 18.6 Å². The third-order valence-corrected chi connectivity index (χ3v) is 8.66. The normalized spacial score (nSPS) is 40.4. The van der Waals surface area contributed by atoms with E-state index >= 15 is 0 Å². The largest absolute Gasteiger partial charge is 0.353 e. The first-order chi connectivity index (χ1) is 13.1. The highest BCUT2D eigenvalue weighted by molar-refractivity contribution is 5.86. The predicted molar refractivity (Wildman–Crippen MR) is 105 cm³/mol. The maximum absolute atomic E-state index is 13.7. The number of benzene rings is 1.